The number of sulfonamides is 1. The Morgan fingerprint density at radius 3 is 2.53 bits per heavy atom. The van der Waals surface area contributed by atoms with Crippen molar-refractivity contribution in [3.05, 3.63) is 58.6 Å². The van der Waals surface area contributed by atoms with Crippen molar-refractivity contribution in [2.75, 3.05) is 31.0 Å². The zero-order valence-corrected chi connectivity index (χ0v) is 19.6. The molecule has 0 aromatic heterocycles. The van der Waals surface area contributed by atoms with E-state index < -0.39 is 14.9 Å². The normalized spacial score (nSPS) is 16.5. The fourth-order valence-corrected chi connectivity index (χ4v) is 5.74. The molecule has 1 heterocycles. The summed E-state index contributed by atoms with van der Waals surface area (Å²) in [7, 11) is -2.51. The van der Waals surface area contributed by atoms with Crippen LogP contribution in [0.15, 0.2) is 53.4 Å². The summed E-state index contributed by atoms with van der Waals surface area (Å²) in [5, 5.41) is 11.2. The molecule has 2 aromatic rings. The zero-order valence-electron chi connectivity index (χ0n) is 18.8. The molecule has 0 spiro atoms. The molecule has 0 amide bonds. The van der Waals surface area contributed by atoms with Crippen LogP contribution >= 0.6 is 0 Å². The standard InChI is InChI=1S/C23H31N3O5S/c1-18-10-13-24(14-11-18)15-12-19(2)25(20-6-4-8-22(16-20)31-3)32(29,30)23-9-5-7-21(17-23)26(27)28/h4-9,16-19H,10-15H2,1-3H3. The molecule has 2 aromatic carbocycles. The molecule has 0 radical (unpaired) electrons. The summed E-state index contributed by atoms with van der Waals surface area (Å²) >= 11 is 0. The van der Waals surface area contributed by atoms with E-state index in [2.05, 4.69) is 11.8 Å². The molecule has 1 unspecified atom stereocenters. The van der Waals surface area contributed by atoms with E-state index in [1.54, 1.807) is 24.3 Å². The van der Waals surface area contributed by atoms with Crippen LogP contribution in [0.5, 0.6) is 5.75 Å². The van der Waals surface area contributed by atoms with Gasteiger partial charge >= 0.3 is 0 Å². The highest BCUT2D eigenvalue weighted by molar-refractivity contribution is 7.92. The number of hydrogen-bond acceptors (Lipinski definition) is 6. The Morgan fingerprint density at radius 2 is 1.88 bits per heavy atom. The molecule has 0 aliphatic carbocycles. The second kappa shape index (κ2) is 10.3. The number of piperidine rings is 1. The third-order valence-electron chi connectivity index (χ3n) is 6.03. The van der Waals surface area contributed by atoms with E-state index in [1.165, 1.54) is 29.6 Å². The lowest BCUT2D eigenvalue weighted by Gasteiger charge is -2.34. The molecule has 1 aliphatic heterocycles. The average Bonchev–Trinajstić information content (AvgIpc) is 2.79. The number of methoxy groups -OCH3 is 1. The third-order valence-corrected chi connectivity index (χ3v) is 7.97. The highest BCUT2D eigenvalue weighted by Crippen LogP contribution is 2.31. The van der Waals surface area contributed by atoms with E-state index in [9.17, 15) is 18.5 Å². The Labute approximate surface area is 190 Å². The quantitative estimate of drug-likeness (QED) is 0.408. The molecular formula is C23H31N3O5S. The first-order valence-corrected chi connectivity index (χ1v) is 12.3. The van der Waals surface area contributed by atoms with Crippen LogP contribution in [0.25, 0.3) is 0 Å². The van der Waals surface area contributed by atoms with Gasteiger partial charge in [0.1, 0.15) is 5.75 Å². The Balaban J connectivity index is 1.93. The fraction of sp³-hybridized carbons (Fsp3) is 0.478. The molecule has 0 N–H and O–H groups in total. The smallest absolute Gasteiger partial charge is 0.270 e. The molecule has 174 valence electrons. The number of hydrogen-bond donors (Lipinski definition) is 0. The summed E-state index contributed by atoms with van der Waals surface area (Å²) in [5.41, 5.74) is 0.211. The monoisotopic (exact) mass is 461 g/mol. The van der Waals surface area contributed by atoms with Crippen molar-refractivity contribution in [3.8, 4) is 5.75 Å². The van der Waals surface area contributed by atoms with Crippen molar-refractivity contribution >= 4 is 21.4 Å². The highest BCUT2D eigenvalue weighted by Gasteiger charge is 2.31. The predicted octanol–water partition coefficient (Wildman–Crippen LogP) is 4.31. The molecule has 1 atom stereocenters. The van der Waals surface area contributed by atoms with Gasteiger partial charge in [-0.05, 0) is 63.4 Å². The first kappa shape index (κ1) is 24.0. The topological polar surface area (TPSA) is 93.0 Å². The van der Waals surface area contributed by atoms with Gasteiger partial charge in [-0.15, -0.1) is 0 Å². The SMILES string of the molecule is COc1cccc(N(C(C)CCN2CCC(C)CC2)S(=O)(=O)c2cccc([N+](=O)[O-])c2)c1. The molecule has 0 saturated carbocycles. The lowest BCUT2D eigenvalue weighted by molar-refractivity contribution is -0.385. The molecule has 32 heavy (non-hydrogen) atoms. The molecule has 3 rings (SSSR count). The Morgan fingerprint density at radius 1 is 1.19 bits per heavy atom. The number of nitro groups is 1. The summed E-state index contributed by atoms with van der Waals surface area (Å²) in [6.45, 7) is 6.96. The van der Waals surface area contributed by atoms with Crippen molar-refractivity contribution in [3.63, 3.8) is 0 Å². The maximum absolute atomic E-state index is 13.7. The van der Waals surface area contributed by atoms with Crippen molar-refractivity contribution in [2.45, 2.75) is 44.0 Å². The van der Waals surface area contributed by atoms with E-state index in [0.29, 0.717) is 17.9 Å². The van der Waals surface area contributed by atoms with E-state index in [-0.39, 0.29) is 16.6 Å². The largest absolute Gasteiger partial charge is 0.497 e. The third kappa shape index (κ3) is 5.58. The number of non-ortho nitro benzene ring substituents is 1. The van der Waals surface area contributed by atoms with Gasteiger partial charge in [0.05, 0.1) is 22.6 Å². The second-order valence-corrected chi connectivity index (χ2v) is 10.2. The number of benzene rings is 2. The highest BCUT2D eigenvalue weighted by atomic mass is 32.2. The van der Waals surface area contributed by atoms with Crippen LogP contribution in [-0.2, 0) is 10.0 Å². The number of ether oxygens (including phenoxy) is 1. The van der Waals surface area contributed by atoms with Crippen molar-refractivity contribution in [2.24, 2.45) is 5.92 Å². The first-order chi connectivity index (χ1) is 15.2. The van der Waals surface area contributed by atoms with Gasteiger partial charge in [-0.25, -0.2) is 8.42 Å². The number of anilines is 1. The number of rotatable bonds is 9. The van der Waals surface area contributed by atoms with Gasteiger partial charge in [0.2, 0.25) is 0 Å². The minimum absolute atomic E-state index is 0.104. The molecule has 1 aliphatic rings. The Hall–Kier alpha value is -2.65. The van der Waals surface area contributed by atoms with Crippen molar-refractivity contribution in [1.29, 1.82) is 0 Å². The average molecular weight is 462 g/mol. The molecular weight excluding hydrogens is 430 g/mol. The molecule has 9 heteroatoms. The summed E-state index contributed by atoms with van der Waals surface area (Å²) in [5.74, 6) is 1.27. The lowest BCUT2D eigenvalue weighted by Crippen LogP contribution is -2.42. The van der Waals surface area contributed by atoms with E-state index in [0.717, 1.165) is 44.5 Å². The zero-order chi connectivity index (χ0) is 23.3. The van der Waals surface area contributed by atoms with E-state index in [4.69, 9.17) is 4.74 Å². The fourth-order valence-electron chi connectivity index (χ4n) is 4.02. The number of nitro benzene ring substituents is 1. The van der Waals surface area contributed by atoms with Crippen LogP contribution in [0.2, 0.25) is 0 Å². The van der Waals surface area contributed by atoms with E-state index >= 15 is 0 Å². The molecule has 1 saturated heterocycles. The van der Waals surface area contributed by atoms with Crippen LogP contribution in [-0.4, -0.2) is 51.0 Å². The van der Waals surface area contributed by atoms with Gasteiger partial charge in [-0.1, -0.05) is 19.1 Å². The van der Waals surface area contributed by atoms with Gasteiger partial charge in [-0.3, -0.25) is 14.4 Å². The first-order valence-electron chi connectivity index (χ1n) is 10.9. The van der Waals surface area contributed by atoms with Crippen molar-refractivity contribution < 1.29 is 18.1 Å². The summed E-state index contributed by atoms with van der Waals surface area (Å²) in [4.78, 5) is 12.9. The van der Waals surface area contributed by atoms with Crippen LogP contribution in [0, 0.1) is 16.0 Å². The Kier molecular flexibility index (Phi) is 7.73. The van der Waals surface area contributed by atoms with Gasteiger partial charge in [-0.2, -0.15) is 0 Å². The van der Waals surface area contributed by atoms with Crippen LogP contribution in [0.3, 0.4) is 0 Å². The Bertz CT molecular complexity index is 1040. The predicted molar refractivity (Wildman–Crippen MR) is 125 cm³/mol. The van der Waals surface area contributed by atoms with Crippen LogP contribution in [0.1, 0.15) is 33.1 Å². The van der Waals surface area contributed by atoms with Gasteiger partial charge in [0.25, 0.3) is 15.7 Å². The number of nitrogens with zero attached hydrogens (tertiary/aromatic N) is 3. The van der Waals surface area contributed by atoms with Crippen LogP contribution in [0.4, 0.5) is 11.4 Å². The maximum atomic E-state index is 13.7. The molecule has 0 bridgehead atoms. The lowest BCUT2D eigenvalue weighted by atomic mass is 9.99. The maximum Gasteiger partial charge on any atom is 0.270 e. The van der Waals surface area contributed by atoms with Gasteiger partial charge in [0, 0.05) is 30.8 Å². The molecule has 8 nitrogen and oxygen atoms in total. The minimum atomic E-state index is -4.04. The van der Waals surface area contributed by atoms with Crippen molar-refractivity contribution in [1.82, 2.24) is 4.90 Å². The second-order valence-electron chi connectivity index (χ2n) is 8.42. The summed E-state index contributed by atoms with van der Waals surface area (Å²) in [6, 6.07) is 11.7. The van der Waals surface area contributed by atoms with E-state index in [1.807, 2.05) is 6.92 Å². The minimum Gasteiger partial charge on any atom is -0.497 e. The number of likely N-dealkylation sites (tertiary alicyclic amines) is 1. The summed E-state index contributed by atoms with van der Waals surface area (Å²) in [6.07, 6.45) is 2.94. The molecule has 1 fully saturated rings. The summed E-state index contributed by atoms with van der Waals surface area (Å²) < 4.78 is 34.0. The van der Waals surface area contributed by atoms with Gasteiger partial charge < -0.3 is 9.64 Å². The van der Waals surface area contributed by atoms with Gasteiger partial charge in [0.15, 0.2) is 0 Å². The van der Waals surface area contributed by atoms with Crippen LogP contribution < -0.4 is 9.04 Å².